The molecule has 1 aromatic heterocycles. The van der Waals surface area contributed by atoms with Gasteiger partial charge in [0.1, 0.15) is 5.82 Å². The van der Waals surface area contributed by atoms with Gasteiger partial charge in [0, 0.05) is 18.3 Å². The van der Waals surface area contributed by atoms with Crippen LogP contribution in [0.3, 0.4) is 0 Å². The smallest absolute Gasteiger partial charge is 0.111 e. The summed E-state index contributed by atoms with van der Waals surface area (Å²) >= 11 is 7.87. The van der Waals surface area contributed by atoms with Crippen molar-refractivity contribution in [2.24, 2.45) is 0 Å². The van der Waals surface area contributed by atoms with Crippen LogP contribution in [-0.2, 0) is 6.42 Å². The summed E-state index contributed by atoms with van der Waals surface area (Å²) < 4.78 is 2.26. The van der Waals surface area contributed by atoms with Crippen LogP contribution in [0.4, 0.5) is 0 Å². The minimum absolute atomic E-state index is 0.362. The molecule has 0 N–H and O–H groups in total. The van der Waals surface area contributed by atoms with E-state index in [-0.39, 0.29) is 0 Å². The maximum atomic E-state index is 9.11. The number of hydrogen-bond donors (Lipinski definition) is 0. The predicted molar refractivity (Wildman–Crippen MR) is 91.2 cm³/mol. The van der Waals surface area contributed by atoms with E-state index in [1.165, 1.54) is 0 Å². The van der Waals surface area contributed by atoms with Gasteiger partial charge in [0.15, 0.2) is 0 Å². The second-order valence-corrected chi connectivity index (χ2v) is 6.76. The molecule has 0 spiro atoms. The second kappa shape index (κ2) is 7.72. The topological polar surface area (TPSA) is 41.6 Å². The summed E-state index contributed by atoms with van der Waals surface area (Å²) in [7, 11) is 0. The lowest BCUT2D eigenvalue weighted by molar-refractivity contribution is 0.528. The Kier molecular flexibility index (Phi) is 5.96. The molecule has 0 amide bonds. The highest BCUT2D eigenvalue weighted by molar-refractivity contribution is 7.99. The normalized spacial score (nSPS) is 12.5. The fourth-order valence-electron chi connectivity index (χ4n) is 2.49. The molecule has 5 heteroatoms. The average molecular weight is 322 g/mol. The first-order valence-corrected chi connectivity index (χ1v) is 8.94. The zero-order valence-corrected chi connectivity index (χ0v) is 14.0. The first kappa shape index (κ1) is 16.2. The van der Waals surface area contributed by atoms with Gasteiger partial charge in [0.05, 0.1) is 22.7 Å². The van der Waals surface area contributed by atoms with Crippen LogP contribution in [0.1, 0.15) is 37.7 Å². The lowest BCUT2D eigenvalue weighted by Crippen LogP contribution is -2.11. The highest BCUT2D eigenvalue weighted by Gasteiger charge is 2.16. The van der Waals surface area contributed by atoms with E-state index in [0.29, 0.717) is 17.5 Å². The molecule has 0 bridgehead atoms. The van der Waals surface area contributed by atoms with E-state index in [9.17, 15) is 0 Å². The van der Waals surface area contributed by atoms with E-state index in [1.807, 2.05) is 30.0 Å². The second-order valence-electron chi connectivity index (χ2n) is 4.99. The van der Waals surface area contributed by atoms with Gasteiger partial charge in [0.2, 0.25) is 0 Å². The largest absolute Gasteiger partial charge is 0.325 e. The van der Waals surface area contributed by atoms with Crippen LogP contribution in [0.25, 0.3) is 11.0 Å². The van der Waals surface area contributed by atoms with Crippen LogP contribution in [0.15, 0.2) is 18.2 Å². The molecule has 0 fully saturated rings. The van der Waals surface area contributed by atoms with Gasteiger partial charge in [-0.15, -0.1) is 11.6 Å². The molecule has 1 atom stereocenters. The maximum Gasteiger partial charge on any atom is 0.111 e. The molecule has 1 aromatic carbocycles. The van der Waals surface area contributed by atoms with Crippen molar-refractivity contribution in [1.29, 1.82) is 5.26 Å². The van der Waals surface area contributed by atoms with Gasteiger partial charge >= 0.3 is 0 Å². The molecule has 3 nitrogen and oxygen atoms in total. The van der Waals surface area contributed by atoms with Gasteiger partial charge in [-0.05, 0) is 43.0 Å². The Morgan fingerprint density at radius 2 is 2.29 bits per heavy atom. The number of aromatic nitrogens is 2. The monoisotopic (exact) mass is 321 g/mol. The molecule has 2 rings (SSSR count). The van der Waals surface area contributed by atoms with Gasteiger partial charge < -0.3 is 4.57 Å². The summed E-state index contributed by atoms with van der Waals surface area (Å²) in [6, 6.07) is 8.25. The molecule has 0 saturated heterocycles. The van der Waals surface area contributed by atoms with Gasteiger partial charge in [-0.2, -0.15) is 17.0 Å². The highest BCUT2D eigenvalue weighted by atomic mass is 35.5. The molecule has 0 aliphatic heterocycles. The summed E-state index contributed by atoms with van der Waals surface area (Å²) in [5.41, 5.74) is 2.67. The number of rotatable bonds is 7. The Balaban J connectivity index is 2.41. The third kappa shape index (κ3) is 3.72. The van der Waals surface area contributed by atoms with Crippen LogP contribution < -0.4 is 0 Å². The van der Waals surface area contributed by atoms with Gasteiger partial charge in [-0.3, -0.25) is 0 Å². The van der Waals surface area contributed by atoms with Crippen LogP contribution in [0.2, 0.25) is 0 Å². The van der Waals surface area contributed by atoms with Gasteiger partial charge in [-0.1, -0.05) is 6.92 Å². The van der Waals surface area contributed by atoms with Crippen molar-refractivity contribution < 1.29 is 0 Å². The van der Waals surface area contributed by atoms with E-state index in [4.69, 9.17) is 16.9 Å². The molecular weight excluding hydrogens is 302 g/mol. The number of benzene rings is 1. The zero-order valence-electron chi connectivity index (χ0n) is 12.5. The van der Waals surface area contributed by atoms with Crippen molar-refractivity contribution in [2.75, 3.05) is 17.4 Å². The minimum atomic E-state index is 0.362. The van der Waals surface area contributed by atoms with E-state index >= 15 is 0 Å². The summed E-state index contributed by atoms with van der Waals surface area (Å²) in [4.78, 5) is 4.69. The average Bonchev–Trinajstić information content (AvgIpc) is 2.84. The Hall–Kier alpha value is -1.18. The van der Waals surface area contributed by atoms with Crippen LogP contribution in [0.5, 0.6) is 0 Å². The third-order valence-electron chi connectivity index (χ3n) is 3.53. The Bertz CT molecular complexity index is 645. The van der Waals surface area contributed by atoms with E-state index in [2.05, 4.69) is 29.5 Å². The number of nitrogens with zero attached hydrogens (tertiary/aromatic N) is 3. The molecular formula is C16H20ClN3S. The summed E-state index contributed by atoms with van der Waals surface area (Å²) in [5.74, 6) is 3.86. The van der Waals surface area contributed by atoms with Crippen molar-refractivity contribution in [3.63, 3.8) is 0 Å². The molecule has 1 unspecified atom stereocenters. The van der Waals surface area contributed by atoms with Crippen molar-refractivity contribution >= 4 is 34.4 Å². The molecule has 2 aromatic rings. The standard InChI is InChI=1S/C16H20ClN3S/c1-3-21-9-7-12(2)20-15-10-13(11-18)4-5-14(15)19-16(20)6-8-17/h4-5,10,12H,3,6-9H2,1-2H3. The number of imidazole rings is 1. The van der Waals surface area contributed by atoms with Gasteiger partial charge in [-0.25, -0.2) is 4.98 Å². The quantitative estimate of drug-likeness (QED) is 0.561. The van der Waals surface area contributed by atoms with Crippen molar-refractivity contribution in [3.8, 4) is 6.07 Å². The number of thioether (sulfide) groups is 1. The molecule has 0 saturated carbocycles. The maximum absolute atomic E-state index is 9.11. The molecule has 0 radical (unpaired) electrons. The number of nitriles is 1. The minimum Gasteiger partial charge on any atom is -0.325 e. The zero-order chi connectivity index (χ0) is 15.2. The lowest BCUT2D eigenvalue weighted by Gasteiger charge is -2.17. The Morgan fingerprint density at radius 3 is 2.95 bits per heavy atom. The molecule has 21 heavy (non-hydrogen) atoms. The van der Waals surface area contributed by atoms with E-state index in [1.54, 1.807) is 0 Å². The summed E-state index contributed by atoms with van der Waals surface area (Å²) in [6.07, 6.45) is 1.85. The first-order chi connectivity index (χ1) is 10.2. The molecule has 112 valence electrons. The number of aryl methyl sites for hydroxylation is 1. The summed E-state index contributed by atoms with van der Waals surface area (Å²) in [5, 5.41) is 9.11. The van der Waals surface area contributed by atoms with Crippen molar-refractivity contribution in [2.45, 2.75) is 32.7 Å². The SMILES string of the molecule is CCSCCC(C)n1c(CCCl)nc2ccc(C#N)cc21. The van der Waals surface area contributed by atoms with E-state index < -0.39 is 0 Å². The van der Waals surface area contributed by atoms with Crippen LogP contribution in [-0.4, -0.2) is 26.9 Å². The lowest BCUT2D eigenvalue weighted by atomic mass is 10.2. The highest BCUT2D eigenvalue weighted by Crippen LogP contribution is 2.25. The van der Waals surface area contributed by atoms with E-state index in [0.717, 1.165) is 41.2 Å². The van der Waals surface area contributed by atoms with Crippen molar-refractivity contribution in [1.82, 2.24) is 9.55 Å². The van der Waals surface area contributed by atoms with Crippen molar-refractivity contribution in [3.05, 3.63) is 29.6 Å². The first-order valence-electron chi connectivity index (χ1n) is 7.26. The Morgan fingerprint density at radius 1 is 1.48 bits per heavy atom. The van der Waals surface area contributed by atoms with Gasteiger partial charge in [0.25, 0.3) is 0 Å². The number of fused-ring (bicyclic) bond motifs is 1. The number of alkyl halides is 1. The van der Waals surface area contributed by atoms with Crippen LogP contribution >= 0.6 is 23.4 Å². The number of halogens is 1. The summed E-state index contributed by atoms with van der Waals surface area (Å²) in [6.45, 7) is 4.40. The Labute approximate surface area is 135 Å². The number of hydrogen-bond acceptors (Lipinski definition) is 3. The molecule has 0 aliphatic carbocycles. The fraction of sp³-hybridized carbons (Fsp3) is 0.500. The third-order valence-corrected chi connectivity index (χ3v) is 4.66. The molecule has 1 heterocycles. The predicted octanol–water partition coefficient (Wildman–Crippen LogP) is 4.39. The fourth-order valence-corrected chi connectivity index (χ4v) is 3.46. The molecule has 0 aliphatic rings. The van der Waals surface area contributed by atoms with Crippen LogP contribution in [0, 0.1) is 11.3 Å².